The summed E-state index contributed by atoms with van der Waals surface area (Å²) in [4.78, 5) is 4.00. The lowest BCUT2D eigenvalue weighted by molar-refractivity contribution is -0.137. The third-order valence-corrected chi connectivity index (χ3v) is 6.94. The molecule has 1 N–H and O–H groups in total. The van der Waals surface area contributed by atoms with Crippen molar-refractivity contribution in [1.82, 2.24) is 4.90 Å². The van der Waals surface area contributed by atoms with E-state index in [1.165, 1.54) is 12.1 Å². The zero-order valence-corrected chi connectivity index (χ0v) is 15.6. The van der Waals surface area contributed by atoms with E-state index in [0.717, 1.165) is 36.6 Å². The molecular formula is C16H18F3N3O2S2. The molecule has 1 aliphatic rings. The van der Waals surface area contributed by atoms with Crippen molar-refractivity contribution in [2.75, 3.05) is 42.8 Å². The summed E-state index contributed by atoms with van der Waals surface area (Å²) in [5, 5.41) is 1.60. The van der Waals surface area contributed by atoms with Crippen molar-refractivity contribution >= 4 is 32.7 Å². The lowest BCUT2D eigenvalue weighted by atomic mass is 10.1. The van der Waals surface area contributed by atoms with Gasteiger partial charge in [-0.05, 0) is 36.7 Å². The van der Waals surface area contributed by atoms with Gasteiger partial charge in [-0.3, -0.25) is 4.72 Å². The smallest absolute Gasteiger partial charge is 0.367 e. The van der Waals surface area contributed by atoms with E-state index in [4.69, 9.17) is 0 Å². The highest BCUT2D eigenvalue weighted by Crippen LogP contribution is 2.37. The number of benzene rings is 1. The maximum Gasteiger partial charge on any atom is 0.416 e. The Hall–Kier alpha value is -1.78. The van der Waals surface area contributed by atoms with Crippen LogP contribution < -0.4 is 9.62 Å². The summed E-state index contributed by atoms with van der Waals surface area (Å²) in [6, 6.07) is 6.17. The van der Waals surface area contributed by atoms with Crippen molar-refractivity contribution in [3.8, 4) is 0 Å². The van der Waals surface area contributed by atoms with Crippen LogP contribution in [0.15, 0.2) is 39.9 Å². The number of hydrogen-bond donors (Lipinski definition) is 1. The summed E-state index contributed by atoms with van der Waals surface area (Å²) in [6.45, 7) is 2.71. The van der Waals surface area contributed by atoms with Gasteiger partial charge in [0.15, 0.2) is 0 Å². The summed E-state index contributed by atoms with van der Waals surface area (Å²) in [5.74, 6) is 0. The molecule has 10 heteroatoms. The fraction of sp³-hybridized carbons (Fsp3) is 0.375. The minimum absolute atomic E-state index is 0.0549. The Bertz CT molecular complexity index is 859. The summed E-state index contributed by atoms with van der Waals surface area (Å²) in [7, 11) is -1.98. The first kappa shape index (κ1) is 19.0. The zero-order chi connectivity index (χ0) is 18.9. The number of thiophene rings is 1. The van der Waals surface area contributed by atoms with E-state index in [2.05, 4.69) is 9.62 Å². The van der Waals surface area contributed by atoms with E-state index < -0.39 is 21.8 Å². The van der Waals surface area contributed by atoms with Gasteiger partial charge in [-0.15, -0.1) is 11.3 Å². The zero-order valence-electron chi connectivity index (χ0n) is 14.0. The summed E-state index contributed by atoms with van der Waals surface area (Å²) >= 11 is 1.01. The Balaban J connectivity index is 1.99. The minimum Gasteiger partial charge on any atom is -0.367 e. The second-order valence-corrected chi connectivity index (χ2v) is 8.91. The maximum atomic E-state index is 13.1. The lowest BCUT2D eigenvalue weighted by Gasteiger charge is -2.35. The van der Waals surface area contributed by atoms with Crippen molar-refractivity contribution in [3.05, 3.63) is 41.3 Å². The molecule has 0 saturated carbocycles. The number of piperazine rings is 1. The van der Waals surface area contributed by atoms with Gasteiger partial charge in [-0.25, -0.2) is 8.42 Å². The SMILES string of the molecule is CN1CCN(c2ccc(C(F)(F)F)cc2NS(=O)(=O)c2cccs2)CC1. The summed E-state index contributed by atoms with van der Waals surface area (Å²) < 4.78 is 66.7. The monoisotopic (exact) mass is 405 g/mol. The topological polar surface area (TPSA) is 52.6 Å². The fourth-order valence-electron chi connectivity index (χ4n) is 2.73. The normalized spacial score (nSPS) is 16.7. The second kappa shape index (κ2) is 7.09. The molecule has 1 aromatic carbocycles. The fourth-order valence-corrected chi connectivity index (χ4v) is 4.79. The van der Waals surface area contributed by atoms with Crippen LogP contribution in [0.5, 0.6) is 0 Å². The molecule has 26 heavy (non-hydrogen) atoms. The lowest BCUT2D eigenvalue weighted by Crippen LogP contribution is -2.44. The largest absolute Gasteiger partial charge is 0.416 e. The van der Waals surface area contributed by atoms with Crippen LogP contribution in [0.3, 0.4) is 0 Å². The molecule has 0 aliphatic carbocycles. The maximum absolute atomic E-state index is 13.1. The van der Waals surface area contributed by atoms with Crippen LogP contribution in [0.2, 0.25) is 0 Å². The number of likely N-dealkylation sites (N-methyl/N-ethyl adjacent to an activating group) is 1. The highest BCUT2D eigenvalue weighted by atomic mass is 32.2. The van der Waals surface area contributed by atoms with Gasteiger partial charge >= 0.3 is 6.18 Å². The number of hydrogen-bond acceptors (Lipinski definition) is 5. The molecule has 142 valence electrons. The first-order valence-corrected chi connectivity index (χ1v) is 10.2. The van der Waals surface area contributed by atoms with Crippen LogP contribution in [0.1, 0.15) is 5.56 Å². The van der Waals surface area contributed by atoms with Crippen molar-refractivity contribution < 1.29 is 21.6 Å². The first-order valence-electron chi connectivity index (χ1n) is 7.88. The van der Waals surface area contributed by atoms with Crippen molar-refractivity contribution in [3.63, 3.8) is 0 Å². The Morgan fingerprint density at radius 1 is 1.12 bits per heavy atom. The second-order valence-electron chi connectivity index (χ2n) is 6.06. The molecule has 2 aromatic rings. The van der Waals surface area contributed by atoms with E-state index in [1.807, 2.05) is 11.9 Å². The van der Waals surface area contributed by atoms with E-state index in [-0.39, 0.29) is 9.90 Å². The molecule has 0 unspecified atom stereocenters. The van der Waals surface area contributed by atoms with Crippen LogP contribution >= 0.6 is 11.3 Å². The van der Waals surface area contributed by atoms with Gasteiger partial charge in [-0.1, -0.05) is 6.07 Å². The number of rotatable bonds is 4. The number of anilines is 2. The van der Waals surface area contributed by atoms with Crippen LogP contribution in [-0.2, 0) is 16.2 Å². The third kappa shape index (κ3) is 4.13. The quantitative estimate of drug-likeness (QED) is 0.848. The standard InChI is InChI=1S/C16H18F3N3O2S2/c1-21-6-8-22(9-7-21)14-5-4-12(16(17,18)19)11-13(14)20-26(23,24)15-3-2-10-25-15/h2-5,10-11,20H,6-9H2,1H3. The van der Waals surface area contributed by atoms with Gasteiger partial charge in [0.1, 0.15) is 4.21 Å². The molecule has 2 heterocycles. The van der Waals surface area contributed by atoms with Gasteiger partial charge in [0.2, 0.25) is 0 Å². The van der Waals surface area contributed by atoms with E-state index in [1.54, 1.807) is 11.4 Å². The predicted octanol–water partition coefficient (Wildman–Crippen LogP) is 3.32. The number of nitrogens with zero attached hydrogens (tertiary/aromatic N) is 2. The van der Waals surface area contributed by atoms with Crippen molar-refractivity contribution in [2.45, 2.75) is 10.4 Å². The van der Waals surface area contributed by atoms with Gasteiger partial charge in [0.05, 0.1) is 16.9 Å². The Kier molecular flexibility index (Phi) is 5.18. The molecule has 1 fully saturated rings. The third-order valence-electron chi connectivity index (χ3n) is 4.17. The Morgan fingerprint density at radius 3 is 2.38 bits per heavy atom. The van der Waals surface area contributed by atoms with E-state index in [9.17, 15) is 21.6 Å². The summed E-state index contributed by atoms with van der Waals surface area (Å²) in [6.07, 6.45) is -4.55. The number of halogens is 3. The molecule has 0 amide bonds. The molecule has 0 atom stereocenters. The molecule has 5 nitrogen and oxygen atoms in total. The molecule has 0 spiro atoms. The summed E-state index contributed by atoms with van der Waals surface area (Å²) in [5.41, 5.74) is -0.497. The number of nitrogens with one attached hydrogen (secondary N) is 1. The van der Waals surface area contributed by atoms with Crippen molar-refractivity contribution in [2.24, 2.45) is 0 Å². The average Bonchev–Trinajstić information content (AvgIpc) is 3.10. The number of sulfonamides is 1. The number of alkyl halides is 3. The molecular weight excluding hydrogens is 387 g/mol. The van der Waals surface area contributed by atoms with Gasteiger partial charge in [0.25, 0.3) is 10.0 Å². The molecule has 1 aliphatic heterocycles. The van der Waals surface area contributed by atoms with Crippen LogP contribution in [0, 0.1) is 0 Å². The molecule has 0 radical (unpaired) electrons. The predicted molar refractivity (Wildman–Crippen MR) is 96.3 cm³/mol. The van der Waals surface area contributed by atoms with Gasteiger partial charge < -0.3 is 9.80 Å². The van der Waals surface area contributed by atoms with Crippen LogP contribution in [-0.4, -0.2) is 46.5 Å². The molecule has 0 bridgehead atoms. The first-order chi connectivity index (χ1) is 12.2. The van der Waals surface area contributed by atoms with Crippen LogP contribution in [0.25, 0.3) is 0 Å². The van der Waals surface area contributed by atoms with E-state index in [0.29, 0.717) is 18.8 Å². The minimum atomic E-state index is -4.55. The van der Waals surface area contributed by atoms with E-state index >= 15 is 0 Å². The Labute approximate surface area is 154 Å². The highest BCUT2D eigenvalue weighted by Gasteiger charge is 2.32. The van der Waals surface area contributed by atoms with Gasteiger partial charge in [0, 0.05) is 26.2 Å². The van der Waals surface area contributed by atoms with Crippen LogP contribution in [0.4, 0.5) is 24.5 Å². The molecule has 1 saturated heterocycles. The van der Waals surface area contributed by atoms with Gasteiger partial charge in [-0.2, -0.15) is 13.2 Å². The average molecular weight is 405 g/mol. The highest BCUT2D eigenvalue weighted by molar-refractivity contribution is 7.94. The molecule has 1 aromatic heterocycles. The molecule has 3 rings (SSSR count). The Morgan fingerprint density at radius 2 is 1.81 bits per heavy atom. The van der Waals surface area contributed by atoms with Crippen molar-refractivity contribution in [1.29, 1.82) is 0 Å².